The Kier molecular flexibility index (Phi) is 4.77. The van der Waals surface area contributed by atoms with Gasteiger partial charge in [0.2, 0.25) is 0 Å². The van der Waals surface area contributed by atoms with Crippen LogP contribution in [-0.4, -0.2) is 36.6 Å². The molecule has 0 amide bonds. The number of nitrogens with zero attached hydrogens (tertiary/aromatic N) is 4. The third kappa shape index (κ3) is 3.57. The quantitative estimate of drug-likeness (QED) is 0.825. The van der Waals surface area contributed by atoms with Gasteiger partial charge in [0.05, 0.1) is 17.3 Å². The number of hydrogen-bond acceptors (Lipinski definition) is 6. The Bertz CT molecular complexity index is 606. The summed E-state index contributed by atoms with van der Waals surface area (Å²) < 4.78 is 1.98. The summed E-state index contributed by atoms with van der Waals surface area (Å²) in [6, 6.07) is 0. The van der Waals surface area contributed by atoms with Gasteiger partial charge in [-0.25, -0.2) is 4.98 Å². The Morgan fingerprint density at radius 1 is 1.50 bits per heavy atom. The summed E-state index contributed by atoms with van der Waals surface area (Å²) in [7, 11) is 0. The topological polar surface area (TPSA) is 80.9 Å². The fourth-order valence-corrected chi connectivity index (χ4v) is 3.19. The first kappa shape index (κ1) is 15.0. The van der Waals surface area contributed by atoms with Crippen molar-refractivity contribution in [1.29, 1.82) is 0 Å². The highest BCUT2D eigenvalue weighted by Crippen LogP contribution is 2.24. The molecule has 0 bridgehead atoms. The summed E-state index contributed by atoms with van der Waals surface area (Å²) >= 11 is 2.82. The Balaban J connectivity index is 2.26. The zero-order chi connectivity index (χ0) is 14.7. The lowest BCUT2D eigenvalue weighted by atomic mass is 10.2. The SMILES string of the molecule is Cc1ncc(Cn2c(SCC(=O)O)nnc2C(C)C)s1. The third-order valence-corrected chi connectivity index (χ3v) is 4.42. The second-order valence-corrected chi connectivity index (χ2v) is 6.87. The maximum atomic E-state index is 10.7. The fourth-order valence-electron chi connectivity index (χ4n) is 1.74. The molecule has 0 aliphatic heterocycles. The van der Waals surface area contributed by atoms with Gasteiger partial charge in [-0.1, -0.05) is 25.6 Å². The summed E-state index contributed by atoms with van der Waals surface area (Å²) in [6.45, 7) is 6.69. The average molecular weight is 312 g/mol. The van der Waals surface area contributed by atoms with Crippen LogP contribution in [0.5, 0.6) is 0 Å². The van der Waals surface area contributed by atoms with E-state index in [1.165, 1.54) is 11.8 Å². The van der Waals surface area contributed by atoms with Crippen LogP contribution in [0.3, 0.4) is 0 Å². The van der Waals surface area contributed by atoms with E-state index in [1.807, 2.05) is 31.5 Å². The second-order valence-electron chi connectivity index (χ2n) is 4.61. The molecule has 2 heterocycles. The lowest BCUT2D eigenvalue weighted by Crippen LogP contribution is -2.08. The number of thioether (sulfide) groups is 1. The molecule has 0 spiro atoms. The van der Waals surface area contributed by atoms with Crippen LogP contribution in [0.1, 0.15) is 35.5 Å². The molecule has 8 heteroatoms. The van der Waals surface area contributed by atoms with Crippen LogP contribution in [0.15, 0.2) is 11.4 Å². The van der Waals surface area contributed by atoms with Gasteiger partial charge in [0.25, 0.3) is 0 Å². The number of rotatable bonds is 6. The zero-order valence-corrected chi connectivity index (χ0v) is 13.2. The van der Waals surface area contributed by atoms with E-state index in [9.17, 15) is 4.79 Å². The molecule has 2 aromatic heterocycles. The molecule has 0 radical (unpaired) electrons. The van der Waals surface area contributed by atoms with E-state index >= 15 is 0 Å². The molecule has 0 atom stereocenters. The van der Waals surface area contributed by atoms with Gasteiger partial charge in [0.15, 0.2) is 5.16 Å². The van der Waals surface area contributed by atoms with E-state index in [-0.39, 0.29) is 11.7 Å². The first-order valence-electron chi connectivity index (χ1n) is 6.16. The largest absolute Gasteiger partial charge is 0.481 e. The molecule has 2 aromatic rings. The van der Waals surface area contributed by atoms with E-state index in [0.717, 1.165) is 15.7 Å². The molecule has 2 rings (SSSR count). The van der Waals surface area contributed by atoms with Crippen molar-refractivity contribution in [3.05, 3.63) is 21.9 Å². The first-order chi connectivity index (χ1) is 9.47. The first-order valence-corrected chi connectivity index (χ1v) is 7.96. The molecule has 0 unspecified atom stereocenters. The lowest BCUT2D eigenvalue weighted by Gasteiger charge is -2.10. The summed E-state index contributed by atoms with van der Waals surface area (Å²) in [5.41, 5.74) is 0. The predicted octanol–water partition coefficient (Wildman–Crippen LogP) is 2.39. The van der Waals surface area contributed by atoms with E-state index in [0.29, 0.717) is 11.7 Å². The average Bonchev–Trinajstić information content (AvgIpc) is 2.94. The van der Waals surface area contributed by atoms with Crippen LogP contribution in [-0.2, 0) is 11.3 Å². The molecule has 20 heavy (non-hydrogen) atoms. The number of aromatic nitrogens is 4. The van der Waals surface area contributed by atoms with E-state index < -0.39 is 5.97 Å². The molecule has 6 nitrogen and oxygen atoms in total. The van der Waals surface area contributed by atoms with Gasteiger partial charge in [-0.05, 0) is 6.92 Å². The van der Waals surface area contributed by atoms with Crippen molar-refractivity contribution < 1.29 is 9.90 Å². The Morgan fingerprint density at radius 3 is 2.80 bits per heavy atom. The maximum Gasteiger partial charge on any atom is 0.313 e. The Hall–Kier alpha value is -1.41. The molecule has 0 fully saturated rings. The number of aryl methyl sites for hydroxylation is 1. The smallest absolute Gasteiger partial charge is 0.313 e. The minimum absolute atomic E-state index is 0.0159. The van der Waals surface area contributed by atoms with Crippen molar-refractivity contribution >= 4 is 29.1 Å². The monoisotopic (exact) mass is 312 g/mol. The lowest BCUT2D eigenvalue weighted by molar-refractivity contribution is -0.133. The van der Waals surface area contributed by atoms with Crippen LogP contribution in [0.2, 0.25) is 0 Å². The molecule has 0 saturated carbocycles. The Labute approximate surface area is 125 Å². The highest BCUT2D eigenvalue weighted by molar-refractivity contribution is 7.99. The van der Waals surface area contributed by atoms with Crippen molar-refractivity contribution in [3.8, 4) is 0 Å². The second kappa shape index (κ2) is 6.36. The van der Waals surface area contributed by atoms with Crippen LogP contribution < -0.4 is 0 Å². The molecule has 0 aliphatic rings. The zero-order valence-electron chi connectivity index (χ0n) is 11.5. The Morgan fingerprint density at radius 2 is 2.25 bits per heavy atom. The van der Waals surface area contributed by atoms with Crippen LogP contribution >= 0.6 is 23.1 Å². The predicted molar refractivity (Wildman–Crippen MR) is 78.4 cm³/mol. The summed E-state index contributed by atoms with van der Waals surface area (Å²) in [5.74, 6) is 0.224. The van der Waals surface area contributed by atoms with Crippen LogP contribution in [0, 0.1) is 6.92 Å². The van der Waals surface area contributed by atoms with Gasteiger partial charge in [0, 0.05) is 17.0 Å². The summed E-state index contributed by atoms with van der Waals surface area (Å²) in [4.78, 5) is 16.1. The third-order valence-electron chi connectivity index (χ3n) is 2.57. The fraction of sp³-hybridized carbons (Fsp3) is 0.500. The molecular formula is C12H16N4O2S2. The van der Waals surface area contributed by atoms with Crippen molar-refractivity contribution in [3.63, 3.8) is 0 Å². The highest BCUT2D eigenvalue weighted by atomic mass is 32.2. The minimum atomic E-state index is -0.857. The minimum Gasteiger partial charge on any atom is -0.481 e. The van der Waals surface area contributed by atoms with Crippen LogP contribution in [0.4, 0.5) is 0 Å². The van der Waals surface area contributed by atoms with E-state index in [1.54, 1.807) is 11.3 Å². The molecule has 0 aliphatic carbocycles. The van der Waals surface area contributed by atoms with Gasteiger partial charge in [-0.3, -0.25) is 4.79 Å². The normalized spacial score (nSPS) is 11.2. The number of hydrogen-bond donors (Lipinski definition) is 1. The van der Waals surface area contributed by atoms with Gasteiger partial charge < -0.3 is 9.67 Å². The van der Waals surface area contributed by atoms with Crippen LogP contribution in [0.25, 0.3) is 0 Å². The van der Waals surface area contributed by atoms with E-state index in [4.69, 9.17) is 5.11 Å². The van der Waals surface area contributed by atoms with Crippen molar-refractivity contribution in [1.82, 2.24) is 19.7 Å². The van der Waals surface area contributed by atoms with Gasteiger partial charge in [0.1, 0.15) is 5.82 Å². The molecule has 1 N–H and O–H groups in total. The van der Waals surface area contributed by atoms with Crippen molar-refractivity contribution in [2.45, 2.75) is 38.4 Å². The van der Waals surface area contributed by atoms with Gasteiger partial charge in [-0.2, -0.15) is 0 Å². The number of carboxylic acid groups (broad SMARTS) is 1. The summed E-state index contributed by atoms with van der Waals surface area (Å²) in [6.07, 6.45) is 1.84. The van der Waals surface area contributed by atoms with E-state index in [2.05, 4.69) is 15.2 Å². The molecule has 0 aromatic carbocycles. The maximum absolute atomic E-state index is 10.7. The van der Waals surface area contributed by atoms with Crippen molar-refractivity contribution in [2.75, 3.05) is 5.75 Å². The van der Waals surface area contributed by atoms with Gasteiger partial charge in [-0.15, -0.1) is 21.5 Å². The number of carbonyl (C=O) groups is 1. The summed E-state index contributed by atoms with van der Waals surface area (Å²) in [5, 5.41) is 18.7. The standard InChI is InChI=1S/C12H16N4O2S2/c1-7(2)11-14-15-12(19-6-10(17)18)16(11)5-9-4-13-8(3)20-9/h4,7H,5-6H2,1-3H3,(H,17,18). The number of carboxylic acids is 1. The van der Waals surface area contributed by atoms with Gasteiger partial charge >= 0.3 is 5.97 Å². The number of thiazole rings is 1. The molecular weight excluding hydrogens is 296 g/mol. The highest BCUT2D eigenvalue weighted by Gasteiger charge is 2.17. The molecule has 108 valence electrons. The van der Waals surface area contributed by atoms with Crippen molar-refractivity contribution in [2.24, 2.45) is 0 Å². The number of aliphatic carboxylic acids is 1. The molecule has 0 saturated heterocycles.